The zero-order chi connectivity index (χ0) is 25.7. The van der Waals surface area contributed by atoms with Crippen LogP contribution in [0.3, 0.4) is 0 Å². The number of carbonyl (C=O) groups excluding carboxylic acids is 2. The highest BCUT2D eigenvalue weighted by atomic mass is 16.4. The molecule has 0 heterocycles. The van der Waals surface area contributed by atoms with Crippen LogP contribution >= 0.6 is 0 Å². The maximum absolute atomic E-state index is 12.3. The molecule has 0 fully saturated rings. The Hall–Kier alpha value is -1.63. The van der Waals surface area contributed by atoms with Crippen LogP contribution in [0.2, 0.25) is 0 Å². The second-order valence-electron chi connectivity index (χ2n) is 10.8. The molecule has 0 rings (SSSR count). The number of nitrogens with zero attached hydrogens (tertiary/aromatic N) is 1. The normalized spacial score (nSPS) is 12.4. The third-order valence-corrected chi connectivity index (χ3v) is 5.98. The van der Waals surface area contributed by atoms with Gasteiger partial charge in [-0.15, -0.1) is 0 Å². The van der Waals surface area contributed by atoms with Crippen molar-refractivity contribution in [3.05, 3.63) is 0 Å². The van der Waals surface area contributed by atoms with Gasteiger partial charge in [0.15, 0.2) is 6.54 Å². The second kappa shape index (κ2) is 20.7. The SMILES string of the molecule is CCCCCCCCCCCCCCCCCCNC(=O)[C@H](CC(=O)O)NC(=O)C[N+](C)(C)C. The van der Waals surface area contributed by atoms with Crippen LogP contribution in [0.4, 0.5) is 0 Å². The fraction of sp³-hybridized carbons (Fsp3) is 0.889. The molecule has 0 bridgehead atoms. The number of aliphatic carboxylic acids is 1. The summed E-state index contributed by atoms with van der Waals surface area (Å²) in [5, 5.41) is 14.4. The van der Waals surface area contributed by atoms with E-state index >= 15 is 0 Å². The summed E-state index contributed by atoms with van der Waals surface area (Å²) in [7, 11) is 5.59. The number of rotatable bonds is 23. The van der Waals surface area contributed by atoms with Gasteiger partial charge in [0, 0.05) is 6.54 Å². The summed E-state index contributed by atoms with van der Waals surface area (Å²) in [6, 6.07) is -1.03. The van der Waals surface area contributed by atoms with Crippen molar-refractivity contribution in [2.24, 2.45) is 0 Å². The molecule has 7 nitrogen and oxygen atoms in total. The second-order valence-corrected chi connectivity index (χ2v) is 10.8. The zero-order valence-electron chi connectivity index (χ0n) is 22.6. The molecule has 0 saturated heterocycles. The number of hydrogen-bond donors (Lipinski definition) is 3. The van der Waals surface area contributed by atoms with Crippen molar-refractivity contribution in [2.45, 2.75) is 122 Å². The first kappa shape index (κ1) is 32.4. The molecule has 0 aromatic carbocycles. The molecule has 7 heteroatoms. The molecule has 0 aliphatic rings. The minimum atomic E-state index is -1.10. The van der Waals surface area contributed by atoms with Gasteiger partial charge in [-0.05, 0) is 6.42 Å². The molecule has 3 N–H and O–H groups in total. The van der Waals surface area contributed by atoms with Crippen molar-refractivity contribution in [1.82, 2.24) is 10.6 Å². The number of carboxylic acid groups (broad SMARTS) is 1. The quantitative estimate of drug-likeness (QED) is 0.140. The van der Waals surface area contributed by atoms with Gasteiger partial charge in [0.25, 0.3) is 5.91 Å². The van der Waals surface area contributed by atoms with E-state index < -0.39 is 24.3 Å². The van der Waals surface area contributed by atoms with Crippen molar-refractivity contribution >= 4 is 17.8 Å². The predicted octanol–water partition coefficient (Wildman–Crippen LogP) is 5.03. The summed E-state index contributed by atoms with van der Waals surface area (Å²) in [5.74, 6) is -1.84. The lowest BCUT2D eigenvalue weighted by molar-refractivity contribution is -0.862. The molecule has 34 heavy (non-hydrogen) atoms. The summed E-state index contributed by atoms with van der Waals surface area (Å²) in [6.45, 7) is 2.96. The molecule has 1 atom stereocenters. The van der Waals surface area contributed by atoms with Crippen LogP contribution in [0.15, 0.2) is 0 Å². The highest BCUT2D eigenvalue weighted by Gasteiger charge is 2.25. The molecule has 0 aromatic heterocycles. The Morgan fingerprint density at radius 2 is 1.12 bits per heavy atom. The minimum absolute atomic E-state index is 0.183. The van der Waals surface area contributed by atoms with Gasteiger partial charge in [0.1, 0.15) is 6.04 Å². The number of unbranched alkanes of at least 4 members (excludes halogenated alkanes) is 15. The lowest BCUT2D eigenvalue weighted by Gasteiger charge is -2.24. The third kappa shape index (κ3) is 22.2. The van der Waals surface area contributed by atoms with Crippen molar-refractivity contribution in [3.63, 3.8) is 0 Å². The van der Waals surface area contributed by atoms with Crippen LogP contribution < -0.4 is 10.6 Å². The van der Waals surface area contributed by atoms with Crippen molar-refractivity contribution < 1.29 is 24.0 Å². The van der Waals surface area contributed by atoms with Gasteiger partial charge in [-0.25, -0.2) is 0 Å². The molecule has 0 aromatic rings. The van der Waals surface area contributed by atoms with E-state index in [1.54, 1.807) is 0 Å². The Bertz CT molecular complexity index is 546. The molecule has 0 aliphatic carbocycles. The van der Waals surface area contributed by atoms with Gasteiger partial charge in [0.2, 0.25) is 5.91 Å². The Kier molecular flexibility index (Phi) is 19.7. The monoisotopic (exact) mass is 484 g/mol. The molecule has 2 amide bonds. The van der Waals surface area contributed by atoms with Crippen molar-refractivity contribution in [2.75, 3.05) is 34.2 Å². The number of hydrogen-bond acceptors (Lipinski definition) is 3. The predicted molar refractivity (Wildman–Crippen MR) is 140 cm³/mol. The number of amides is 2. The summed E-state index contributed by atoms with van der Waals surface area (Å²) in [4.78, 5) is 35.5. The molecule has 0 spiro atoms. The Morgan fingerprint density at radius 3 is 1.50 bits per heavy atom. The standard InChI is InChI=1S/C27H53N3O4/c1-5-6-7-8-9-10-11-12-13-14-15-16-17-18-19-20-21-28-27(34)24(22-26(32)33)29-25(31)23-30(2,3)4/h24H,5-23H2,1-4H3,(H2-,28,29,31,32,33,34)/p+1/t24-/m0/s1. The van der Waals surface area contributed by atoms with Gasteiger partial charge >= 0.3 is 5.97 Å². The Balaban J connectivity index is 3.71. The van der Waals surface area contributed by atoms with E-state index in [-0.39, 0.29) is 12.5 Å². The van der Waals surface area contributed by atoms with Crippen LogP contribution in [-0.4, -0.2) is 67.6 Å². The van der Waals surface area contributed by atoms with Crippen molar-refractivity contribution in [3.8, 4) is 0 Å². The van der Waals surface area contributed by atoms with Gasteiger partial charge < -0.3 is 20.2 Å². The van der Waals surface area contributed by atoms with E-state index in [0.29, 0.717) is 11.0 Å². The number of quaternary nitrogens is 1. The van der Waals surface area contributed by atoms with Crippen LogP contribution in [0, 0.1) is 0 Å². The molecular formula is C27H54N3O4+. The van der Waals surface area contributed by atoms with E-state index in [2.05, 4.69) is 17.6 Å². The maximum Gasteiger partial charge on any atom is 0.305 e. The summed E-state index contributed by atoms with van der Waals surface area (Å²) >= 11 is 0. The number of nitrogens with one attached hydrogen (secondary N) is 2. The average molecular weight is 485 g/mol. The fourth-order valence-electron chi connectivity index (χ4n) is 4.06. The third-order valence-electron chi connectivity index (χ3n) is 5.98. The van der Waals surface area contributed by atoms with Crippen LogP contribution in [0.1, 0.15) is 116 Å². The molecule has 200 valence electrons. The number of carboxylic acids is 1. The largest absolute Gasteiger partial charge is 0.481 e. The van der Waals surface area contributed by atoms with E-state index in [1.165, 1.54) is 83.5 Å². The lowest BCUT2D eigenvalue weighted by atomic mass is 10.0. The summed E-state index contributed by atoms with van der Waals surface area (Å²) in [6.07, 6.45) is 20.3. The first-order valence-corrected chi connectivity index (χ1v) is 13.7. The fourth-order valence-corrected chi connectivity index (χ4v) is 4.06. The lowest BCUT2D eigenvalue weighted by Crippen LogP contribution is -2.52. The molecule has 0 unspecified atom stereocenters. The van der Waals surface area contributed by atoms with Crippen LogP contribution in [0.5, 0.6) is 0 Å². The van der Waals surface area contributed by atoms with Crippen molar-refractivity contribution in [1.29, 1.82) is 0 Å². The zero-order valence-corrected chi connectivity index (χ0v) is 22.6. The highest BCUT2D eigenvalue weighted by molar-refractivity contribution is 5.90. The van der Waals surface area contributed by atoms with E-state index in [4.69, 9.17) is 5.11 Å². The number of carbonyl (C=O) groups is 3. The average Bonchev–Trinajstić information content (AvgIpc) is 2.73. The Labute approximate surface area is 209 Å². The molecular weight excluding hydrogens is 430 g/mol. The first-order valence-electron chi connectivity index (χ1n) is 13.7. The maximum atomic E-state index is 12.3. The van der Waals surface area contributed by atoms with Gasteiger partial charge in [0.05, 0.1) is 27.6 Å². The molecule has 0 radical (unpaired) electrons. The molecule has 0 aliphatic heterocycles. The van der Waals surface area contributed by atoms with Gasteiger partial charge in [-0.2, -0.15) is 0 Å². The van der Waals surface area contributed by atoms with Gasteiger partial charge in [-0.3, -0.25) is 14.4 Å². The highest BCUT2D eigenvalue weighted by Crippen LogP contribution is 2.13. The summed E-state index contributed by atoms with van der Waals surface area (Å²) in [5.41, 5.74) is 0. The molecule has 0 saturated carbocycles. The van der Waals surface area contributed by atoms with E-state index in [0.717, 1.165) is 19.3 Å². The van der Waals surface area contributed by atoms with Gasteiger partial charge in [-0.1, -0.05) is 103 Å². The van der Waals surface area contributed by atoms with E-state index in [1.807, 2.05) is 21.1 Å². The number of likely N-dealkylation sites (N-methyl/N-ethyl adjacent to an activating group) is 1. The Morgan fingerprint density at radius 1 is 0.706 bits per heavy atom. The first-order chi connectivity index (χ1) is 16.2. The van der Waals surface area contributed by atoms with Crippen LogP contribution in [-0.2, 0) is 14.4 Å². The van der Waals surface area contributed by atoms with E-state index in [9.17, 15) is 14.4 Å². The van der Waals surface area contributed by atoms with Crippen LogP contribution in [0.25, 0.3) is 0 Å². The summed E-state index contributed by atoms with van der Waals surface area (Å²) < 4.78 is 0.409. The topological polar surface area (TPSA) is 95.5 Å². The smallest absolute Gasteiger partial charge is 0.305 e. The minimum Gasteiger partial charge on any atom is -0.481 e.